The first-order valence-corrected chi connectivity index (χ1v) is 37.6. The van der Waals surface area contributed by atoms with Crippen LogP contribution in [-0.2, 0) is 0 Å². The first kappa shape index (κ1) is 66.0. The molecule has 0 radical (unpaired) electrons. The van der Waals surface area contributed by atoms with Gasteiger partial charge >= 0.3 is 0 Å². The summed E-state index contributed by atoms with van der Waals surface area (Å²) in [4.78, 5) is 7.03. The van der Waals surface area contributed by atoms with Gasteiger partial charge in [0.15, 0.2) is 17.6 Å². The molecule has 3 aromatic heterocycles. The van der Waals surface area contributed by atoms with Crippen LogP contribution in [0.15, 0.2) is 401 Å². The molecule has 111 heavy (non-hydrogen) atoms. The molecule has 4 heterocycles. The van der Waals surface area contributed by atoms with E-state index in [1.807, 2.05) is 97.1 Å². The molecule has 9 heteroatoms. The second-order valence-electron chi connectivity index (χ2n) is 27.9. The van der Waals surface area contributed by atoms with Gasteiger partial charge in [-0.3, -0.25) is 0 Å². The number of anilines is 6. The Labute approximate surface area is 644 Å². The second kappa shape index (κ2) is 28.4. The topological polar surface area (TPSA) is 88.8 Å². The Morgan fingerprint density at radius 1 is 0.315 bits per heavy atom. The first-order valence-electron chi connectivity index (χ1n) is 37.2. The zero-order valence-electron chi connectivity index (χ0n) is 59.9. The van der Waals surface area contributed by atoms with Gasteiger partial charge in [0.05, 0.1) is 5.69 Å². The number of benzene rings is 18. The summed E-state index contributed by atoms with van der Waals surface area (Å²) >= 11 is 6.23. The number of hydrogen-bond acceptors (Lipinski definition) is 8. The molecular weight excluding hydrogens is 1380 g/mol. The number of rotatable bonds is 11. The number of hydrogen-bond donors (Lipinski definition) is 2. The highest BCUT2D eigenvalue weighted by Gasteiger charge is 2.27. The third-order valence-corrected chi connectivity index (χ3v) is 21.3. The first-order chi connectivity index (χ1) is 54.9. The third-order valence-electron chi connectivity index (χ3n) is 21.1. The fourth-order valence-corrected chi connectivity index (χ4v) is 16.0. The maximum Gasteiger partial charge on any atom is 0.227 e. The van der Waals surface area contributed by atoms with Crippen LogP contribution in [0.2, 0.25) is 5.02 Å². The van der Waals surface area contributed by atoms with Crippen LogP contribution in [0.3, 0.4) is 0 Å². The van der Waals surface area contributed by atoms with Gasteiger partial charge in [-0.25, -0.2) is 4.98 Å². The molecular formula is C102H67ClN4O4. The van der Waals surface area contributed by atoms with Crippen molar-refractivity contribution in [2.75, 3.05) is 15.5 Å². The maximum atomic E-state index is 6.74. The average Bonchev–Trinajstić information content (AvgIpc) is 1.70. The van der Waals surface area contributed by atoms with Crippen molar-refractivity contribution < 1.29 is 18.0 Å². The Kier molecular flexibility index (Phi) is 16.9. The van der Waals surface area contributed by atoms with Crippen molar-refractivity contribution in [2.24, 2.45) is 0 Å². The van der Waals surface area contributed by atoms with Crippen LogP contribution < -0.4 is 20.3 Å². The number of oxazole rings is 1. The predicted octanol–water partition coefficient (Wildman–Crippen LogP) is 29.3. The third kappa shape index (κ3) is 12.6. The van der Waals surface area contributed by atoms with E-state index in [0.717, 1.165) is 160 Å². The smallest absolute Gasteiger partial charge is 0.227 e. The molecule has 8 nitrogen and oxygen atoms in total. The second-order valence-corrected chi connectivity index (χ2v) is 28.3. The minimum absolute atomic E-state index is 0.255. The van der Waals surface area contributed by atoms with Crippen LogP contribution in [0.5, 0.6) is 5.75 Å². The number of nitrogens with one attached hydrogen (secondary N) is 2. The Morgan fingerprint density at radius 3 is 1.44 bits per heavy atom. The zero-order valence-corrected chi connectivity index (χ0v) is 60.7. The zero-order chi connectivity index (χ0) is 73.7. The highest BCUT2D eigenvalue weighted by atomic mass is 35.5. The minimum atomic E-state index is -0.255. The largest absolute Gasteiger partial charge is 0.464 e. The molecule has 0 amide bonds. The maximum absolute atomic E-state index is 6.74. The van der Waals surface area contributed by atoms with Crippen LogP contribution in [0, 0.1) is 0 Å². The molecule has 18 aromatic carbocycles. The SMILES string of the molecule is Clc1ccc2ccc3ccc4nc(-c5ccccc5)oc4c3c2c1.c1ccc(-c2ccccc2-c2cccc(N(c3ccc4oc5ccccc5c4c3)c3ccc4ccc5ccc6c(c5c4c3)OC(c3ccccc3)N6)c2)cc1.c1ccc(-c2ccccc2-c2cccc(Nc3ccc4oc5ccccc5c4c3)c2)cc1. The molecule has 1 aliphatic rings. The fraction of sp³-hybridized carbons (Fsp3) is 0.00980. The molecule has 526 valence electrons. The van der Waals surface area contributed by atoms with E-state index < -0.39 is 0 Å². The molecule has 21 aromatic rings. The van der Waals surface area contributed by atoms with Crippen molar-refractivity contribution in [3.05, 3.63) is 399 Å². The Balaban J connectivity index is 0.000000121. The molecule has 0 saturated heterocycles. The fourth-order valence-electron chi connectivity index (χ4n) is 15.8. The van der Waals surface area contributed by atoms with Gasteiger partial charge in [-0.1, -0.05) is 279 Å². The average molecular weight is 1450 g/mol. The number of nitrogens with zero attached hydrogens (tertiary/aromatic N) is 2. The van der Waals surface area contributed by atoms with Gasteiger partial charge in [-0.2, -0.15) is 0 Å². The lowest BCUT2D eigenvalue weighted by molar-refractivity contribution is 0.263. The molecule has 1 unspecified atom stereocenters. The lowest BCUT2D eigenvalue weighted by Gasteiger charge is -2.27. The van der Waals surface area contributed by atoms with Crippen LogP contribution in [-0.4, -0.2) is 4.98 Å². The molecule has 2 N–H and O–H groups in total. The summed E-state index contributed by atoms with van der Waals surface area (Å²) in [5.74, 6) is 1.52. The summed E-state index contributed by atoms with van der Waals surface area (Å²) in [6, 6.07) is 135. The summed E-state index contributed by atoms with van der Waals surface area (Å²) in [7, 11) is 0. The van der Waals surface area contributed by atoms with E-state index in [2.05, 4.69) is 312 Å². The van der Waals surface area contributed by atoms with Gasteiger partial charge in [0.25, 0.3) is 0 Å². The van der Waals surface area contributed by atoms with Crippen molar-refractivity contribution >= 4 is 144 Å². The van der Waals surface area contributed by atoms with E-state index in [0.29, 0.717) is 5.89 Å². The van der Waals surface area contributed by atoms with Gasteiger partial charge in [-0.05, 0) is 198 Å². The van der Waals surface area contributed by atoms with E-state index in [9.17, 15) is 0 Å². The van der Waals surface area contributed by atoms with E-state index in [-0.39, 0.29) is 6.23 Å². The van der Waals surface area contributed by atoms with Gasteiger partial charge in [0.2, 0.25) is 5.89 Å². The molecule has 1 atom stereocenters. The van der Waals surface area contributed by atoms with E-state index >= 15 is 0 Å². The predicted molar refractivity (Wildman–Crippen MR) is 462 cm³/mol. The van der Waals surface area contributed by atoms with E-state index in [1.54, 1.807) is 0 Å². The number of halogens is 1. The van der Waals surface area contributed by atoms with Crippen molar-refractivity contribution in [3.63, 3.8) is 0 Å². The minimum Gasteiger partial charge on any atom is -0.464 e. The van der Waals surface area contributed by atoms with Crippen LogP contribution in [0.1, 0.15) is 11.8 Å². The van der Waals surface area contributed by atoms with Crippen LogP contribution in [0.4, 0.5) is 34.1 Å². The van der Waals surface area contributed by atoms with Crippen molar-refractivity contribution in [3.8, 4) is 61.7 Å². The normalized spacial score (nSPS) is 12.4. The van der Waals surface area contributed by atoms with E-state index in [1.165, 1.54) is 38.9 Å². The number of ether oxygens (including phenoxy) is 1. The summed E-state index contributed by atoms with van der Waals surface area (Å²) in [5.41, 5.74) is 23.1. The Morgan fingerprint density at radius 2 is 0.775 bits per heavy atom. The van der Waals surface area contributed by atoms with Gasteiger partial charge < -0.3 is 33.5 Å². The Hall–Kier alpha value is -14.4. The molecule has 0 saturated carbocycles. The molecule has 0 fully saturated rings. The molecule has 1 aliphatic heterocycles. The summed E-state index contributed by atoms with van der Waals surface area (Å²) in [6.07, 6.45) is -0.255. The number of aromatic nitrogens is 1. The molecule has 0 spiro atoms. The highest BCUT2D eigenvalue weighted by molar-refractivity contribution is 6.32. The summed E-state index contributed by atoms with van der Waals surface area (Å²) in [5, 5.41) is 21.3. The van der Waals surface area contributed by atoms with Crippen molar-refractivity contribution in [1.82, 2.24) is 4.98 Å². The van der Waals surface area contributed by atoms with Crippen LogP contribution >= 0.6 is 11.6 Å². The lowest BCUT2D eigenvalue weighted by Crippen LogP contribution is -2.10. The highest BCUT2D eigenvalue weighted by Crippen LogP contribution is 2.49. The number of furan rings is 2. The standard InChI is InChI=1S/C51H34N2O2.C30H21NO.C21H12ClNO/c1-3-12-33(13-4-1)41-18-7-8-19-42(41)37-16-11-17-38(30-37)53(40-27-29-48-45(32-40)43-20-9-10-21-47(43)54-48)39-26-24-34-22-23-35-25-28-46-50(49(35)44(34)31-39)55-51(52-46)36-14-5-2-6-15-36;1-2-9-21(10-3-1)25-13-4-5-14-26(25)22-11-8-12-23(19-22)31-24-17-18-30-28(20-24)27-15-6-7-16-29(27)32-30;22-16-10-8-13-6-7-14-9-11-18-20(19(14)17(13)12-16)24-21(23-18)15-4-2-1-3-5-15/h1-32,51-52H;1-20,31H;1-12H. The number of para-hydroxylation sites is 2. The van der Waals surface area contributed by atoms with Gasteiger partial charge in [0, 0.05) is 76.9 Å². The quantitative estimate of drug-likeness (QED) is 0.124. The Bertz CT molecular complexity index is 7100. The molecule has 0 aliphatic carbocycles. The van der Waals surface area contributed by atoms with Crippen LogP contribution in [0.25, 0.3) is 154 Å². The summed E-state index contributed by atoms with van der Waals surface area (Å²) in [6.45, 7) is 0. The van der Waals surface area contributed by atoms with Gasteiger partial charge in [-0.15, -0.1) is 0 Å². The molecule has 0 bridgehead atoms. The monoisotopic (exact) mass is 1450 g/mol. The number of fused-ring (bicyclic) bond motifs is 16. The van der Waals surface area contributed by atoms with Crippen molar-refractivity contribution in [1.29, 1.82) is 0 Å². The van der Waals surface area contributed by atoms with E-state index in [4.69, 9.17) is 29.6 Å². The van der Waals surface area contributed by atoms with Crippen molar-refractivity contribution in [2.45, 2.75) is 6.23 Å². The lowest BCUT2D eigenvalue weighted by atomic mass is 9.94. The molecule has 22 rings (SSSR count). The van der Waals surface area contributed by atoms with Gasteiger partial charge in [0.1, 0.15) is 27.8 Å². The summed E-state index contributed by atoms with van der Waals surface area (Å²) < 4.78 is 25.1.